The van der Waals surface area contributed by atoms with E-state index in [4.69, 9.17) is 16.3 Å². The first-order valence-electron chi connectivity index (χ1n) is 9.07. The van der Waals surface area contributed by atoms with Crippen LogP contribution in [0.3, 0.4) is 0 Å². The number of hydrogen-bond donors (Lipinski definition) is 2. The van der Waals surface area contributed by atoms with Crippen molar-refractivity contribution in [1.29, 1.82) is 0 Å². The second-order valence-corrected chi connectivity index (χ2v) is 6.88. The Bertz CT molecular complexity index is 880. The van der Waals surface area contributed by atoms with Crippen molar-refractivity contribution in [3.8, 4) is 5.75 Å². The van der Waals surface area contributed by atoms with E-state index < -0.39 is 6.10 Å². The van der Waals surface area contributed by atoms with Crippen LogP contribution in [0.15, 0.2) is 78.9 Å². The lowest BCUT2D eigenvalue weighted by Crippen LogP contribution is -2.31. The minimum Gasteiger partial charge on any atom is -0.491 e. The van der Waals surface area contributed by atoms with E-state index in [0.717, 1.165) is 5.56 Å². The average molecular weight is 396 g/mol. The van der Waals surface area contributed by atoms with Crippen molar-refractivity contribution in [3.05, 3.63) is 101 Å². The number of ketones is 1. The summed E-state index contributed by atoms with van der Waals surface area (Å²) in [5, 5.41) is 13.9. The van der Waals surface area contributed by atoms with Crippen LogP contribution in [-0.2, 0) is 6.54 Å². The number of rotatable bonds is 9. The van der Waals surface area contributed by atoms with Crippen LogP contribution in [0.1, 0.15) is 21.5 Å². The Morgan fingerprint density at radius 2 is 1.57 bits per heavy atom. The molecule has 0 amide bonds. The molecule has 5 heteroatoms. The third kappa shape index (κ3) is 5.92. The van der Waals surface area contributed by atoms with Crippen LogP contribution >= 0.6 is 11.6 Å². The molecular weight excluding hydrogens is 374 g/mol. The fourth-order valence-corrected chi connectivity index (χ4v) is 2.82. The van der Waals surface area contributed by atoms with Crippen LogP contribution in [0.25, 0.3) is 0 Å². The Hall–Kier alpha value is -2.66. The zero-order valence-electron chi connectivity index (χ0n) is 15.3. The van der Waals surface area contributed by atoms with Gasteiger partial charge in [0.1, 0.15) is 18.5 Å². The standard InChI is InChI=1S/C23H22ClNO3/c24-20-10-6-17(7-11-20)14-25-15-21(26)16-28-22-12-8-19(9-13-22)23(27)18-4-2-1-3-5-18/h1-13,21,25-26H,14-16H2/t21-/m1/s1. The molecule has 0 unspecified atom stereocenters. The summed E-state index contributed by atoms with van der Waals surface area (Å²) in [6.45, 7) is 1.22. The maximum absolute atomic E-state index is 12.4. The number of aliphatic hydroxyl groups excluding tert-OH is 1. The lowest BCUT2D eigenvalue weighted by atomic mass is 10.0. The molecule has 0 aromatic heterocycles. The van der Waals surface area contributed by atoms with Crippen LogP contribution in [0.4, 0.5) is 0 Å². The van der Waals surface area contributed by atoms with E-state index >= 15 is 0 Å². The highest BCUT2D eigenvalue weighted by Gasteiger charge is 2.09. The normalized spacial score (nSPS) is 11.8. The van der Waals surface area contributed by atoms with E-state index in [1.165, 1.54) is 0 Å². The van der Waals surface area contributed by atoms with Crippen LogP contribution in [0, 0.1) is 0 Å². The third-order valence-corrected chi connectivity index (χ3v) is 4.47. The average Bonchev–Trinajstić information content (AvgIpc) is 2.74. The van der Waals surface area contributed by atoms with Gasteiger partial charge in [-0.15, -0.1) is 0 Å². The number of hydrogen-bond acceptors (Lipinski definition) is 4. The lowest BCUT2D eigenvalue weighted by molar-refractivity contribution is 0.103. The van der Waals surface area contributed by atoms with E-state index in [1.54, 1.807) is 36.4 Å². The molecule has 0 heterocycles. The van der Waals surface area contributed by atoms with Gasteiger partial charge in [0.15, 0.2) is 5.78 Å². The molecule has 0 aliphatic heterocycles. The number of carbonyl (C=O) groups is 1. The Morgan fingerprint density at radius 3 is 2.25 bits per heavy atom. The number of benzene rings is 3. The van der Waals surface area contributed by atoms with Crippen molar-refractivity contribution >= 4 is 17.4 Å². The van der Waals surface area contributed by atoms with Crippen LogP contribution in [0.2, 0.25) is 5.02 Å². The molecule has 3 rings (SSSR count). The molecule has 1 atom stereocenters. The van der Waals surface area contributed by atoms with Crippen LogP contribution in [-0.4, -0.2) is 30.1 Å². The van der Waals surface area contributed by atoms with Crippen molar-refractivity contribution in [2.24, 2.45) is 0 Å². The number of halogens is 1. The first kappa shape index (κ1) is 20.1. The Labute approximate surface area is 169 Å². The van der Waals surface area contributed by atoms with E-state index in [0.29, 0.717) is 35.0 Å². The van der Waals surface area contributed by atoms with E-state index in [1.807, 2.05) is 42.5 Å². The highest BCUT2D eigenvalue weighted by Crippen LogP contribution is 2.16. The fourth-order valence-electron chi connectivity index (χ4n) is 2.70. The molecular formula is C23H22ClNO3. The minimum atomic E-state index is -0.641. The van der Waals surface area contributed by atoms with Crippen molar-refractivity contribution < 1.29 is 14.6 Å². The molecule has 144 valence electrons. The molecule has 3 aromatic carbocycles. The highest BCUT2D eigenvalue weighted by molar-refractivity contribution is 6.30. The molecule has 0 saturated carbocycles. The second kappa shape index (κ2) is 10.0. The molecule has 0 spiro atoms. The predicted molar refractivity (Wildman–Crippen MR) is 111 cm³/mol. The monoisotopic (exact) mass is 395 g/mol. The van der Waals surface area contributed by atoms with E-state index in [2.05, 4.69) is 5.32 Å². The van der Waals surface area contributed by atoms with Gasteiger partial charge in [0.25, 0.3) is 0 Å². The molecule has 0 aliphatic rings. The minimum absolute atomic E-state index is 0.0291. The molecule has 0 radical (unpaired) electrons. The molecule has 4 nitrogen and oxygen atoms in total. The van der Waals surface area contributed by atoms with Gasteiger partial charge in [-0.3, -0.25) is 4.79 Å². The second-order valence-electron chi connectivity index (χ2n) is 6.44. The summed E-state index contributed by atoms with van der Waals surface area (Å²) in [6, 6.07) is 23.6. The summed E-state index contributed by atoms with van der Waals surface area (Å²) in [5.41, 5.74) is 2.35. The Balaban J connectivity index is 1.42. The molecule has 28 heavy (non-hydrogen) atoms. The topological polar surface area (TPSA) is 58.6 Å². The predicted octanol–water partition coefficient (Wildman–Crippen LogP) is 4.10. The quantitative estimate of drug-likeness (QED) is 0.535. The summed E-state index contributed by atoms with van der Waals surface area (Å²) in [6.07, 6.45) is -0.641. The summed E-state index contributed by atoms with van der Waals surface area (Å²) in [7, 11) is 0. The molecule has 2 N–H and O–H groups in total. The number of nitrogens with one attached hydrogen (secondary N) is 1. The van der Waals surface area contributed by atoms with Gasteiger partial charge in [-0.25, -0.2) is 0 Å². The number of carbonyl (C=O) groups excluding carboxylic acids is 1. The van der Waals surface area contributed by atoms with Crippen LogP contribution < -0.4 is 10.1 Å². The summed E-state index contributed by atoms with van der Waals surface area (Å²) in [5.74, 6) is 0.583. The summed E-state index contributed by atoms with van der Waals surface area (Å²) < 4.78 is 5.61. The molecule has 0 bridgehead atoms. The zero-order chi connectivity index (χ0) is 19.8. The number of aliphatic hydroxyl groups is 1. The fraction of sp³-hybridized carbons (Fsp3) is 0.174. The van der Waals surface area contributed by atoms with Gasteiger partial charge in [0.2, 0.25) is 0 Å². The van der Waals surface area contributed by atoms with Gasteiger partial charge in [0, 0.05) is 29.2 Å². The lowest BCUT2D eigenvalue weighted by Gasteiger charge is -2.13. The van der Waals surface area contributed by atoms with Crippen molar-refractivity contribution in [2.75, 3.05) is 13.2 Å². The van der Waals surface area contributed by atoms with Gasteiger partial charge in [0.05, 0.1) is 0 Å². The van der Waals surface area contributed by atoms with Crippen molar-refractivity contribution in [2.45, 2.75) is 12.6 Å². The van der Waals surface area contributed by atoms with E-state index in [-0.39, 0.29) is 12.4 Å². The van der Waals surface area contributed by atoms with Gasteiger partial charge in [-0.2, -0.15) is 0 Å². The first-order valence-corrected chi connectivity index (χ1v) is 9.45. The van der Waals surface area contributed by atoms with Crippen molar-refractivity contribution in [1.82, 2.24) is 5.32 Å². The van der Waals surface area contributed by atoms with Gasteiger partial charge in [-0.1, -0.05) is 54.1 Å². The number of ether oxygens (including phenoxy) is 1. The third-order valence-electron chi connectivity index (χ3n) is 4.22. The highest BCUT2D eigenvalue weighted by atomic mass is 35.5. The summed E-state index contributed by atoms with van der Waals surface area (Å²) >= 11 is 5.86. The molecule has 3 aromatic rings. The maximum atomic E-state index is 12.4. The SMILES string of the molecule is O=C(c1ccccc1)c1ccc(OC[C@H](O)CNCc2ccc(Cl)cc2)cc1. The Kier molecular flexibility index (Phi) is 7.20. The smallest absolute Gasteiger partial charge is 0.193 e. The maximum Gasteiger partial charge on any atom is 0.193 e. The van der Waals surface area contributed by atoms with Gasteiger partial charge in [-0.05, 0) is 42.0 Å². The zero-order valence-corrected chi connectivity index (χ0v) is 16.1. The largest absolute Gasteiger partial charge is 0.491 e. The van der Waals surface area contributed by atoms with Gasteiger partial charge < -0.3 is 15.2 Å². The van der Waals surface area contributed by atoms with Crippen LogP contribution in [0.5, 0.6) is 5.75 Å². The van der Waals surface area contributed by atoms with Crippen molar-refractivity contribution in [3.63, 3.8) is 0 Å². The molecule has 0 saturated heterocycles. The Morgan fingerprint density at radius 1 is 0.929 bits per heavy atom. The van der Waals surface area contributed by atoms with Gasteiger partial charge >= 0.3 is 0 Å². The summed E-state index contributed by atoms with van der Waals surface area (Å²) in [4.78, 5) is 12.4. The molecule has 0 aliphatic carbocycles. The molecule has 0 fully saturated rings. The first-order chi connectivity index (χ1) is 13.6. The van der Waals surface area contributed by atoms with E-state index in [9.17, 15) is 9.90 Å².